The molecule has 0 amide bonds. The van der Waals surface area contributed by atoms with Gasteiger partial charge in [0.15, 0.2) is 0 Å². The lowest BCUT2D eigenvalue weighted by atomic mass is 10.0. The fraction of sp³-hybridized carbons (Fsp3) is 0.778. The molecular weight excluding hydrogens is 144 g/mol. The van der Waals surface area contributed by atoms with Gasteiger partial charge in [-0.3, -0.25) is 0 Å². The van der Waals surface area contributed by atoms with Crippen LogP contribution in [0.2, 0.25) is 0 Å². The SMILES string of the molecule is ClC1C2C=CCC3C(C2)C13. The Bertz CT molecular complexity index is 197. The number of fused-ring (bicyclic) bond motifs is 1. The molecule has 0 radical (unpaired) electrons. The molecule has 1 heteroatoms. The van der Waals surface area contributed by atoms with Crippen molar-refractivity contribution < 1.29 is 0 Å². The highest BCUT2D eigenvalue weighted by atomic mass is 35.5. The third kappa shape index (κ3) is 0.505. The van der Waals surface area contributed by atoms with Crippen LogP contribution in [-0.4, -0.2) is 5.38 Å². The van der Waals surface area contributed by atoms with Crippen molar-refractivity contribution in [2.24, 2.45) is 23.7 Å². The normalized spacial score (nSPS) is 62.3. The molecule has 0 saturated heterocycles. The molecule has 2 saturated carbocycles. The van der Waals surface area contributed by atoms with Gasteiger partial charge in [0.25, 0.3) is 0 Å². The Balaban J connectivity index is 2.01. The van der Waals surface area contributed by atoms with Crippen molar-refractivity contribution in [3.63, 3.8) is 0 Å². The molecule has 4 aliphatic carbocycles. The van der Waals surface area contributed by atoms with Gasteiger partial charge in [-0.05, 0) is 36.5 Å². The van der Waals surface area contributed by atoms with E-state index in [1.807, 2.05) is 0 Å². The largest absolute Gasteiger partial charge is 0.122 e. The van der Waals surface area contributed by atoms with Crippen LogP contribution in [0.25, 0.3) is 0 Å². The van der Waals surface area contributed by atoms with Crippen LogP contribution in [0.15, 0.2) is 12.2 Å². The van der Waals surface area contributed by atoms with Gasteiger partial charge in [0.05, 0.1) is 0 Å². The first-order chi connectivity index (χ1) is 4.88. The molecule has 0 aromatic carbocycles. The van der Waals surface area contributed by atoms with Crippen LogP contribution in [0.4, 0.5) is 0 Å². The zero-order valence-electron chi connectivity index (χ0n) is 5.83. The monoisotopic (exact) mass is 154 g/mol. The van der Waals surface area contributed by atoms with Crippen LogP contribution in [0.5, 0.6) is 0 Å². The lowest BCUT2D eigenvalue weighted by Gasteiger charge is -2.10. The van der Waals surface area contributed by atoms with Crippen molar-refractivity contribution in [2.75, 3.05) is 0 Å². The van der Waals surface area contributed by atoms with Gasteiger partial charge >= 0.3 is 0 Å². The number of alkyl halides is 1. The molecule has 4 bridgehead atoms. The zero-order chi connectivity index (χ0) is 6.72. The van der Waals surface area contributed by atoms with Gasteiger partial charge in [0.1, 0.15) is 0 Å². The molecule has 0 aliphatic heterocycles. The second-order valence-corrected chi connectivity index (χ2v) is 4.42. The van der Waals surface area contributed by atoms with Gasteiger partial charge in [-0.25, -0.2) is 0 Å². The Morgan fingerprint density at radius 2 is 2.20 bits per heavy atom. The molecule has 10 heavy (non-hydrogen) atoms. The van der Waals surface area contributed by atoms with Gasteiger partial charge < -0.3 is 0 Å². The molecule has 54 valence electrons. The van der Waals surface area contributed by atoms with E-state index in [0.29, 0.717) is 5.38 Å². The van der Waals surface area contributed by atoms with E-state index in [2.05, 4.69) is 12.2 Å². The van der Waals surface area contributed by atoms with Crippen molar-refractivity contribution in [3.05, 3.63) is 12.2 Å². The van der Waals surface area contributed by atoms with Crippen molar-refractivity contribution >= 4 is 11.6 Å². The summed E-state index contributed by atoms with van der Waals surface area (Å²) < 4.78 is 0. The summed E-state index contributed by atoms with van der Waals surface area (Å²) in [6.07, 6.45) is 7.39. The third-order valence-electron chi connectivity index (χ3n) is 3.51. The van der Waals surface area contributed by atoms with E-state index in [-0.39, 0.29) is 0 Å². The minimum Gasteiger partial charge on any atom is -0.122 e. The second kappa shape index (κ2) is 1.61. The average molecular weight is 155 g/mol. The average Bonchev–Trinajstić information content (AvgIpc) is 2.51. The Labute approximate surface area is 66.3 Å². The first-order valence-corrected chi connectivity index (χ1v) is 4.62. The Kier molecular flexibility index (Phi) is 0.909. The molecule has 0 aromatic rings. The van der Waals surface area contributed by atoms with Gasteiger partial charge in [-0.1, -0.05) is 12.2 Å². The summed E-state index contributed by atoms with van der Waals surface area (Å²) in [5, 5.41) is 0.494. The second-order valence-electron chi connectivity index (χ2n) is 3.91. The van der Waals surface area contributed by atoms with Crippen LogP contribution >= 0.6 is 11.6 Å². The van der Waals surface area contributed by atoms with Crippen molar-refractivity contribution in [3.8, 4) is 0 Å². The summed E-state index contributed by atoms with van der Waals surface area (Å²) in [5.74, 6) is 3.64. The van der Waals surface area contributed by atoms with Crippen LogP contribution in [-0.2, 0) is 0 Å². The number of halogens is 1. The molecule has 0 aromatic heterocycles. The maximum Gasteiger partial charge on any atom is 0.0432 e. The van der Waals surface area contributed by atoms with Crippen LogP contribution in [0.3, 0.4) is 0 Å². The lowest BCUT2D eigenvalue weighted by molar-refractivity contribution is 0.540. The number of rotatable bonds is 0. The maximum atomic E-state index is 6.25. The first kappa shape index (κ1) is 5.65. The topological polar surface area (TPSA) is 0 Å². The van der Waals surface area contributed by atoms with E-state index in [1.54, 1.807) is 0 Å². The molecule has 4 rings (SSSR count). The fourth-order valence-electron chi connectivity index (χ4n) is 2.94. The number of allylic oxidation sites excluding steroid dienone is 2. The summed E-state index contributed by atoms with van der Waals surface area (Å²) in [6.45, 7) is 0. The third-order valence-corrected chi connectivity index (χ3v) is 4.13. The molecule has 2 fully saturated rings. The number of hydrogen-bond donors (Lipinski definition) is 0. The highest BCUT2D eigenvalue weighted by Crippen LogP contribution is 2.64. The quantitative estimate of drug-likeness (QED) is 0.372. The molecule has 0 spiro atoms. The standard InChI is InChI=1S/C9H11Cl/c10-9-5-2-1-3-6-7(4-5)8(6)9/h1-2,5-9H,3-4H2. The zero-order valence-corrected chi connectivity index (χ0v) is 6.59. The summed E-state index contributed by atoms with van der Waals surface area (Å²) in [4.78, 5) is 0. The van der Waals surface area contributed by atoms with E-state index >= 15 is 0 Å². The van der Waals surface area contributed by atoms with Crippen molar-refractivity contribution in [1.29, 1.82) is 0 Å². The predicted octanol–water partition coefficient (Wildman–Crippen LogP) is 2.44. The molecular formula is C9H11Cl. The van der Waals surface area contributed by atoms with Crippen LogP contribution < -0.4 is 0 Å². The van der Waals surface area contributed by atoms with E-state index in [1.165, 1.54) is 12.8 Å². The molecule has 4 aliphatic rings. The van der Waals surface area contributed by atoms with Gasteiger partial charge in [0, 0.05) is 5.38 Å². The van der Waals surface area contributed by atoms with Crippen molar-refractivity contribution in [2.45, 2.75) is 18.2 Å². The minimum atomic E-state index is 0.494. The molecule has 0 nitrogen and oxygen atoms in total. The molecule has 0 N–H and O–H groups in total. The van der Waals surface area contributed by atoms with Gasteiger partial charge in [-0.2, -0.15) is 0 Å². The predicted molar refractivity (Wildman–Crippen MR) is 42.0 cm³/mol. The van der Waals surface area contributed by atoms with E-state index in [9.17, 15) is 0 Å². The van der Waals surface area contributed by atoms with Crippen molar-refractivity contribution in [1.82, 2.24) is 0 Å². The summed E-state index contributed by atoms with van der Waals surface area (Å²) in [7, 11) is 0. The molecule has 0 heterocycles. The number of hydrogen-bond acceptors (Lipinski definition) is 0. The highest BCUT2D eigenvalue weighted by Gasteiger charge is 2.60. The van der Waals surface area contributed by atoms with E-state index in [4.69, 9.17) is 11.6 Å². The maximum absolute atomic E-state index is 6.25. The van der Waals surface area contributed by atoms with Gasteiger partial charge in [-0.15, -0.1) is 11.6 Å². The smallest absolute Gasteiger partial charge is 0.0432 e. The Morgan fingerprint density at radius 1 is 1.30 bits per heavy atom. The molecule has 5 atom stereocenters. The highest BCUT2D eigenvalue weighted by molar-refractivity contribution is 6.21. The first-order valence-electron chi connectivity index (χ1n) is 4.18. The van der Waals surface area contributed by atoms with Crippen LogP contribution in [0, 0.1) is 23.7 Å². The Hall–Kier alpha value is 0.0300. The molecule has 5 unspecified atom stereocenters. The summed E-state index contributed by atoms with van der Waals surface area (Å²) in [5.41, 5.74) is 0. The fourth-order valence-corrected chi connectivity index (χ4v) is 3.50. The van der Waals surface area contributed by atoms with Gasteiger partial charge in [0.2, 0.25) is 0 Å². The van der Waals surface area contributed by atoms with Crippen LogP contribution in [0.1, 0.15) is 12.8 Å². The summed E-state index contributed by atoms with van der Waals surface area (Å²) >= 11 is 6.25. The summed E-state index contributed by atoms with van der Waals surface area (Å²) in [6, 6.07) is 0. The minimum absolute atomic E-state index is 0.494. The Morgan fingerprint density at radius 3 is 2.90 bits per heavy atom. The van der Waals surface area contributed by atoms with E-state index < -0.39 is 0 Å². The van der Waals surface area contributed by atoms with E-state index in [0.717, 1.165) is 23.7 Å². The lowest BCUT2D eigenvalue weighted by Crippen LogP contribution is -2.09.